The van der Waals surface area contributed by atoms with Crippen LogP contribution in [-0.2, 0) is 4.74 Å². The van der Waals surface area contributed by atoms with Crippen LogP contribution in [-0.4, -0.2) is 23.8 Å². The van der Waals surface area contributed by atoms with Crippen molar-refractivity contribution in [3.8, 4) is 0 Å². The molecule has 0 amide bonds. The molecule has 2 fully saturated rings. The van der Waals surface area contributed by atoms with Gasteiger partial charge in [-0.2, -0.15) is 0 Å². The van der Waals surface area contributed by atoms with E-state index in [1.54, 1.807) is 0 Å². The van der Waals surface area contributed by atoms with Crippen molar-refractivity contribution in [3.05, 3.63) is 54.1 Å². The van der Waals surface area contributed by atoms with Crippen LogP contribution in [0.2, 0.25) is 0 Å². The second-order valence-corrected chi connectivity index (χ2v) is 11.6. The number of hydrogen-bond donors (Lipinski definition) is 0. The summed E-state index contributed by atoms with van der Waals surface area (Å²) in [5.74, 6) is 0. The largest absolute Gasteiger partial charge is 0.369 e. The van der Waals surface area contributed by atoms with Crippen LogP contribution in [0.3, 0.4) is 0 Å². The van der Waals surface area contributed by atoms with Gasteiger partial charge in [-0.15, -0.1) is 0 Å². The molecule has 0 saturated heterocycles. The highest BCUT2D eigenvalue weighted by Gasteiger charge is 2.49. The van der Waals surface area contributed by atoms with Crippen LogP contribution < -0.4 is 0 Å². The van der Waals surface area contributed by atoms with E-state index in [9.17, 15) is 0 Å². The molecule has 0 unspecified atom stereocenters. The maximum atomic E-state index is 6.62. The Morgan fingerprint density at radius 2 is 1.44 bits per heavy atom. The van der Waals surface area contributed by atoms with Gasteiger partial charge in [0.25, 0.3) is 0 Å². The van der Waals surface area contributed by atoms with Crippen LogP contribution in [0, 0.1) is 0 Å². The first-order chi connectivity index (χ1) is 13.3. The summed E-state index contributed by atoms with van der Waals surface area (Å²) in [4.78, 5) is 0. The van der Waals surface area contributed by atoms with Crippen molar-refractivity contribution in [2.24, 2.45) is 0 Å². The molecule has 0 heterocycles. The van der Waals surface area contributed by atoms with E-state index in [0.29, 0.717) is 0 Å². The summed E-state index contributed by atoms with van der Waals surface area (Å²) >= 11 is 0. The first-order valence-corrected chi connectivity index (χ1v) is 12.6. The number of allylic oxidation sites excluding steroid dienone is 2. The minimum Gasteiger partial charge on any atom is -0.369 e. The fourth-order valence-corrected chi connectivity index (χ4v) is 10.3. The lowest BCUT2D eigenvalue weighted by molar-refractivity contribution is 0.112. The van der Waals surface area contributed by atoms with E-state index in [-0.39, 0.29) is 13.3 Å². The van der Waals surface area contributed by atoms with E-state index < -0.39 is 0 Å². The third kappa shape index (κ3) is 3.96. The Balaban J connectivity index is 1.76. The van der Waals surface area contributed by atoms with Gasteiger partial charge in [0.2, 0.25) is 0 Å². The molecule has 4 rings (SSSR count). The van der Waals surface area contributed by atoms with Crippen molar-refractivity contribution in [2.45, 2.75) is 87.3 Å². The summed E-state index contributed by atoms with van der Waals surface area (Å²) in [7, 11) is 1.79. The van der Waals surface area contributed by atoms with E-state index >= 15 is 0 Å². The Kier molecular flexibility index (Phi) is 6.51. The predicted molar refractivity (Wildman–Crippen MR) is 119 cm³/mol. The number of methoxy groups -OCH3 is 1. The zero-order valence-electron chi connectivity index (χ0n) is 16.9. The average molecular weight is 383 g/mol. The Bertz CT molecular complexity index is 634. The van der Waals surface area contributed by atoms with Crippen LogP contribution in [0.25, 0.3) is 5.57 Å². The minimum absolute atomic E-state index is 0.0878. The summed E-state index contributed by atoms with van der Waals surface area (Å²) in [5.41, 5.74) is 4.59. The van der Waals surface area contributed by atoms with Crippen LogP contribution in [0.1, 0.15) is 76.2 Å². The van der Waals surface area contributed by atoms with Crippen molar-refractivity contribution >= 4 is 13.5 Å². The summed E-state index contributed by atoms with van der Waals surface area (Å²) in [5, 5.41) is -0.0878. The summed E-state index contributed by atoms with van der Waals surface area (Å²) in [6.07, 6.45) is 22.4. The summed E-state index contributed by atoms with van der Waals surface area (Å²) in [6.45, 7) is 0. The molecule has 27 heavy (non-hydrogen) atoms. The van der Waals surface area contributed by atoms with Gasteiger partial charge in [-0.3, -0.25) is 0 Å². The van der Waals surface area contributed by atoms with Gasteiger partial charge in [-0.05, 0) is 48.1 Å². The van der Waals surface area contributed by atoms with E-state index in [1.165, 1.54) is 75.3 Å². The van der Waals surface area contributed by atoms with Crippen LogP contribution in [0.4, 0.5) is 0 Å². The zero-order chi connectivity index (χ0) is 18.5. The second kappa shape index (κ2) is 9.06. The van der Waals surface area contributed by atoms with Gasteiger partial charge in [0, 0.05) is 13.5 Å². The third-order valence-electron chi connectivity index (χ3n) is 6.99. The predicted octanol–water partition coefficient (Wildman–Crippen LogP) is 7.52. The van der Waals surface area contributed by atoms with Gasteiger partial charge in [0.15, 0.2) is 0 Å². The molecule has 2 heteroatoms. The third-order valence-corrected chi connectivity index (χ3v) is 11.0. The van der Waals surface area contributed by atoms with Crippen molar-refractivity contribution < 1.29 is 4.74 Å². The second-order valence-electron chi connectivity index (χ2n) is 8.56. The van der Waals surface area contributed by atoms with Gasteiger partial charge >= 0.3 is 0 Å². The standard InChI is InChI=1S/C25H35OP/c1-26-25(20-12-11-19-24(25)21-13-5-2-6-14-21)27(22-15-7-3-8-16-22)23-17-9-4-10-18-23/h2,5-6,11-14,19,22-23H,3-4,7-10,15-18,20H2,1H3/t25-/m0/s1. The summed E-state index contributed by atoms with van der Waals surface area (Å²) in [6, 6.07) is 11.1. The van der Waals surface area contributed by atoms with E-state index in [2.05, 4.69) is 48.6 Å². The monoisotopic (exact) mass is 382 g/mol. The normalized spacial score (nSPS) is 27.7. The van der Waals surface area contributed by atoms with E-state index in [1.807, 2.05) is 7.11 Å². The molecule has 1 aromatic carbocycles. The molecule has 0 spiro atoms. The number of hydrogen-bond acceptors (Lipinski definition) is 1. The van der Waals surface area contributed by atoms with Crippen molar-refractivity contribution in [1.82, 2.24) is 0 Å². The van der Waals surface area contributed by atoms with E-state index in [0.717, 1.165) is 17.7 Å². The molecular formula is C25H35OP. The number of benzene rings is 1. The Morgan fingerprint density at radius 3 is 2.00 bits per heavy atom. The lowest BCUT2D eigenvalue weighted by atomic mass is 9.93. The highest BCUT2D eigenvalue weighted by atomic mass is 31.1. The van der Waals surface area contributed by atoms with Crippen molar-refractivity contribution in [1.29, 1.82) is 0 Å². The first kappa shape index (κ1) is 19.4. The van der Waals surface area contributed by atoms with Crippen molar-refractivity contribution in [2.75, 3.05) is 7.11 Å². The van der Waals surface area contributed by atoms with Gasteiger partial charge in [-0.1, -0.05) is 95.0 Å². The Labute approximate surface area is 167 Å². The maximum absolute atomic E-state index is 6.62. The van der Waals surface area contributed by atoms with Crippen LogP contribution in [0.15, 0.2) is 48.6 Å². The van der Waals surface area contributed by atoms with Gasteiger partial charge in [0.05, 0.1) is 0 Å². The van der Waals surface area contributed by atoms with E-state index in [4.69, 9.17) is 4.74 Å². The quantitative estimate of drug-likeness (QED) is 0.478. The summed E-state index contributed by atoms with van der Waals surface area (Å²) < 4.78 is 6.62. The molecule has 1 aromatic rings. The highest BCUT2D eigenvalue weighted by Crippen LogP contribution is 2.69. The molecule has 0 radical (unpaired) electrons. The number of ether oxygens (including phenoxy) is 1. The molecular weight excluding hydrogens is 347 g/mol. The molecule has 3 aliphatic carbocycles. The van der Waals surface area contributed by atoms with Gasteiger partial charge in [0.1, 0.15) is 5.34 Å². The topological polar surface area (TPSA) is 9.23 Å². The highest BCUT2D eigenvalue weighted by molar-refractivity contribution is 7.61. The van der Waals surface area contributed by atoms with Crippen LogP contribution >= 0.6 is 7.92 Å². The average Bonchev–Trinajstić information content (AvgIpc) is 2.76. The first-order valence-electron chi connectivity index (χ1n) is 11.1. The lowest BCUT2D eigenvalue weighted by Crippen LogP contribution is -2.40. The smallest absolute Gasteiger partial charge is 0.116 e. The molecule has 2 saturated carbocycles. The SMILES string of the molecule is CO[C@]1(P(C2CCCCC2)C2CCCCC2)CC=CC=C1c1ccccc1. The minimum atomic E-state index is -0.204. The molecule has 146 valence electrons. The van der Waals surface area contributed by atoms with Gasteiger partial charge in [-0.25, -0.2) is 0 Å². The van der Waals surface area contributed by atoms with Crippen molar-refractivity contribution in [3.63, 3.8) is 0 Å². The van der Waals surface area contributed by atoms with Crippen LogP contribution in [0.5, 0.6) is 0 Å². The molecule has 1 nitrogen and oxygen atoms in total. The number of rotatable bonds is 5. The molecule has 1 atom stereocenters. The Hall–Kier alpha value is -0.910. The molecule has 0 bridgehead atoms. The Morgan fingerprint density at radius 1 is 0.852 bits per heavy atom. The molecule has 0 aromatic heterocycles. The fourth-order valence-electron chi connectivity index (χ4n) is 5.72. The molecule has 0 N–H and O–H groups in total. The fraction of sp³-hybridized carbons (Fsp3) is 0.600. The maximum Gasteiger partial charge on any atom is 0.116 e. The molecule has 0 aliphatic heterocycles. The molecule has 3 aliphatic rings. The van der Waals surface area contributed by atoms with Gasteiger partial charge < -0.3 is 4.74 Å². The zero-order valence-corrected chi connectivity index (χ0v) is 17.8. The lowest BCUT2D eigenvalue weighted by Gasteiger charge is -2.51.